The zero-order valence-corrected chi connectivity index (χ0v) is 22.0. The monoisotopic (exact) mass is 530 g/mol. The number of nitrogen functional groups attached to an aromatic ring is 1. The quantitative estimate of drug-likeness (QED) is 0.381. The van der Waals surface area contributed by atoms with Crippen LogP contribution in [-0.4, -0.2) is 62.3 Å². The summed E-state index contributed by atoms with van der Waals surface area (Å²) in [6.45, 7) is 4.31. The van der Waals surface area contributed by atoms with Gasteiger partial charge in [-0.05, 0) is 74.7 Å². The Labute approximate surface area is 227 Å². The van der Waals surface area contributed by atoms with Gasteiger partial charge in [0.15, 0.2) is 11.6 Å². The number of ether oxygens (including phenoxy) is 1. The number of likely N-dealkylation sites (tertiary alicyclic amines) is 2. The minimum Gasteiger partial charge on any atom is -0.483 e. The Morgan fingerprint density at radius 1 is 1.00 bits per heavy atom. The third-order valence-corrected chi connectivity index (χ3v) is 7.82. The molecule has 2 aliphatic heterocycles. The predicted molar refractivity (Wildman–Crippen MR) is 148 cm³/mol. The van der Waals surface area contributed by atoms with Gasteiger partial charge in [-0.2, -0.15) is 0 Å². The predicted octanol–water partition coefficient (Wildman–Crippen LogP) is 4.91. The molecule has 2 saturated heterocycles. The number of nitrogens with two attached hydrogens (primary N) is 1. The van der Waals surface area contributed by atoms with Crippen LogP contribution in [0.2, 0.25) is 5.02 Å². The number of carbonyl (C=O) groups excluding carboxylic acids is 1. The maximum Gasteiger partial charge on any atom is 0.253 e. The van der Waals surface area contributed by atoms with E-state index in [0.717, 1.165) is 48.4 Å². The fourth-order valence-corrected chi connectivity index (χ4v) is 5.66. The van der Waals surface area contributed by atoms with Crippen LogP contribution in [0.1, 0.15) is 41.7 Å². The van der Waals surface area contributed by atoms with Gasteiger partial charge in [0.25, 0.3) is 5.91 Å². The van der Waals surface area contributed by atoms with Crippen LogP contribution in [0.5, 0.6) is 5.75 Å². The number of halogens is 1. The number of piperidine rings is 1. The number of fused-ring (bicyclic) bond motifs is 1. The average Bonchev–Trinajstić information content (AvgIpc) is 3.62. The molecule has 2 fully saturated rings. The van der Waals surface area contributed by atoms with Crippen molar-refractivity contribution in [1.82, 2.24) is 24.2 Å². The van der Waals surface area contributed by atoms with Gasteiger partial charge in [-0.15, -0.1) is 0 Å². The van der Waals surface area contributed by atoms with E-state index in [0.29, 0.717) is 28.2 Å². The number of rotatable bonds is 6. The normalized spacial score (nSPS) is 16.8. The number of hydrogen-bond donors (Lipinski definition) is 1. The first-order valence-electron chi connectivity index (χ1n) is 13.2. The number of hydrogen-bond acceptors (Lipinski definition) is 6. The summed E-state index contributed by atoms with van der Waals surface area (Å²) >= 11 is 6.06. The molecule has 1 amide bonds. The van der Waals surface area contributed by atoms with E-state index in [-0.39, 0.29) is 12.5 Å². The van der Waals surface area contributed by atoms with Crippen LogP contribution >= 0.6 is 11.6 Å². The molecule has 9 heteroatoms. The molecule has 196 valence electrons. The molecule has 0 saturated carbocycles. The highest BCUT2D eigenvalue weighted by atomic mass is 35.5. The second kappa shape index (κ2) is 10.6. The van der Waals surface area contributed by atoms with E-state index in [9.17, 15) is 4.79 Å². The summed E-state index contributed by atoms with van der Waals surface area (Å²) in [5.41, 5.74) is 10.1. The number of amides is 1. The van der Waals surface area contributed by atoms with Crippen LogP contribution in [0.3, 0.4) is 0 Å². The summed E-state index contributed by atoms with van der Waals surface area (Å²) in [4.78, 5) is 26.6. The first-order chi connectivity index (χ1) is 18.5. The van der Waals surface area contributed by atoms with Gasteiger partial charge >= 0.3 is 0 Å². The van der Waals surface area contributed by atoms with Gasteiger partial charge in [-0.1, -0.05) is 23.7 Å². The van der Waals surface area contributed by atoms with Crippen molar-refractivity contribution in [2.24, 2.45) is 0 Å². The summed E-state index contributed by atoms with van der Waals surface area (Å²) in [6, 6.07) is 13.8. The fourth-order valence-electron chi connectivity index (χ4n) is 5.50. The summed E-state index contributed by atoms with van der Waals surface area (Å²) in [5.74, 6) is 0.896. The molecule has 5 heterocycles. The summed E-state index contributed by atoms with van der Waals surface area (Å²) in [6.07, 6.45) is 10.1. The number of benzene rings is 1. The van der Waals surface area contributed by atoms with Crippen molar-refractivity contribution in [3.05, 3.63) is 77.3 Å². The van der Waals surface area contributed by atoms with Crippen molar-refractivity contribution in [3.8, 4) is 16.9 Å². The molecule has 1 aromatic carbocycles. The lowest BCUT2D eigenvalue weighted by atomic mass is 10.0. The second-order valence-corrected chi connectivity index (χ2v) is 10.5. The van der Waals surface area contributed by atoms with Gasteiger partial charge in [0.1, 0.15) is 12.3 Å². The van der Waals surface area contributed by atoms with Crippen LogP contribution in [0.25, 0.3) is 16.8 Å². The minimum atomic E-state index is 0.101. The minimum absolute atomic E-state index is 0.101. The van der Waals surface area contributed by atoms with E-state index in [4.69, 9.17) is 22.1 Å². The molecule has 0 unspecified atom stereocenters. The highest BCUT2D eigenvalue weighted by Gasteiger charge is 2.28. The maximum absolute atomic E-state index is 13.1. The SMILES string of the molecule is Nc1ncc(-c2ccc(C(=O)N3CCC(N4CCCC4)CC3)cc2)cc1OCc1cn2cc(Cl)ccc2n1. The van der Waals surface area contributed by atoms with Crippen molar-refractivity contribution >= 4 is 29.0 Å². The molecule has 8 nitrogen and oxygen atoms in total. The summed E-state index contributed by atoms with van der Waals surface area (Å²) in [7, 11) is 0. The average molecular weight is 531 g/mol. The van der Waals surface area contributed by atoms with E-state index in [1.165, 1.54) is 25.9 Å². The van der Waals surface area contributed by atoms with Gasteiger partial charge < -0.3 is 24.7 Å². The van der Waals surface area contributed by atoms with Crippen LogP contribution in [0.4, 0.5) is 5.82 Å². The van der Waals surface area contributed by atoms with E-state index >= 15 is 0 Å². The van der Waals surface area contributed by atoms with Gasteiger partial charge in [-0.25, -0.2) is 9.97 Å². The molecule has 38 heavy (non-hydrogen) atoms. The van der Waals surface area contributed by atoms with Crippen molar-refractivity contribution < 1.29 is 9.53 Å². The molecule has 0 radical (unpaired) electrons. The molecular formula is C29H31ClN6O2. The number of nitrogens with zero attached hydrogens (tertiary/aromatic N) is 5. The molecule has 0 spiro atoms. The molecule has 0 bridgehead atoms. The summed E-state index contributed by atoms with van der Waals surface area (Å²) < 4.78 is 7.83. The Morgan fingerprint density at radius 3 is 2.53 bits per heavy atom. The number of carbonyl (C=O) groups is 1. The highest BCUT2D eigenvalue weighted by molar-refractivity contribution is 6.30. The first-order valence-corrected chi connectivity index (χ1v) is 13.6. The zero-order valence-electron chi connectivity index (χ0n) is 21.2. The largest absolute Gasteiger partial charge is 0.483 e. The standard InChI is InChI=1S/C29H31ClN6O2/c30-23-7-8-27-33-24(18-36(27)17-23)19-38-26-15-22(16-32-28(26)31)20-3-5-21(6-4-20)29(37)35-13-9-25(10-14-35)34-11-1-2-12-34/h3-8,15-18,25H,1-2,9-14,19H2,(H2,31,32). The van der Waals surface area contributed by atoms with Crippen molar-refractivity contribution in [1.29, 1.82) is 0 Å². The van der Waals surface area contributed by atoms with Gasteiger partial charge in [0.2, 0.25) is 0 Å². The van der Waals surface area contributed by atoms with Crippen LogP contribution in [-0.2, 0) is 6.61 Å². The topological polar surface area (TPSA) is 89.0 Å². The molecule has 0 aliphatic carbocycles. The lowest BCUT2D eigenvalue weighted by molar-refractivity contribution is 0.0644. The molecule has 0 atom stereocenters. The van der Waals surface area contributed by atoms with Crippen molar-refractivity contribution in [2.75, 3.05) is 31.9 Å². The van der Waals surface area contributed by atoms with Gasteiger partial charge in [0.05, 0.1) is 10.7 Å². The fraction of sp³-hybridized carbons (Fsp3) is 0.345. The molecule has 6 rings (SSSR count). The summed E-state index contributed by atoms with van der Waals surface area (Å²) in [5, 5.41) is 0.637. The number of imidazole rings is 1. The third kappa shape index (κ3) is 5.19. The van der Waals surface area contributed by atoms with Gasteiger partial charge in [-0.3, -0.25) is 4.79 Å². The smallest absolute Gasteiger partial charge is 0.253 e. The Bertz CT molecular complexity index is 1440. The van der Waals surface area contributed by atoms with Crippen LogP contribution < -0.4 is 10.5 Å². The Hall–Kier alpha value is -3.62. The Balaban J connectivity index is 1.10. The van der Waals surface area contributed by atoms with E-state index < -0.39 is 0 Å². The Morgan fingerprint density at radius 2 is 1.76 bits per heavy atom. The molecular weight excluding hydrogens is 500 g/mol. The molecule has 4 aromatic rings. The molecule has 2 aliphatic rings. The van der Waals surface area contributed by atoms with Gasteiger partial charge in [0, 0.05) is 48.8 Å². The molecule has 3 aromatic heterocycles. The maximum atomic E-state index is 13.1. The van der Waals surface area contributed by atoms with E-state index in [1.807, 2.05) is 51.9 Å². The highest BCUT2D eigenvalue weighted by Crippen LogP contribution is 2.29. The number of pyridine rings is 2. The second-order valence-electron chi connectivity index (χ2n) is 10.1. The number of aromatic nitrogens is 3. The lowest BCUT2D eigenvalue weighted by Gasteiger charge is -2.36. The zero-order chi connectivity index (χ0) is 26.1. The van der Waals surface area contributed by atoms with Crippen LogP contribution in [0, 0.1) is 0 Å². The molecule has 2 N–H and O–H groups in total. The van der Waals surface area contributed by atoms with Crippen LogP contribution in [0.15, 0.2) is 61.1 Å². The van der Waals surface area contributed by atoms with Crippen molar-refractivity contribution in [3.63, 3.8) is 0 Å². The Kier molecular flexibility index (Phi) is 6.91. The third-order valence-electron chi connectivity index (χ3n) is 7.60. The van der Waals surface area contributed by atoms with Crippen molar-refractivity contribution in [2.45, 2.75) is 38.3 Å². The lowest BCUT2D eigenvalue weighted by Crippen LogP contribution is -2.45. The first kappa shape index (κ1) is 24.7. The van der Waals surface area contributed by atoms with E-state index in [2.05, 4.69) is 14.9 Å². The van der Waals surface area contributed by atoms with E-state index in [1.54, 1.807) is 18.5 Å². The number of anilines is 1.